The Kier molecular flexibility index (Phi) is 8.18. The van der Waals surface area contributed by atoms with Crippen LogP contribution < -0.4 is 16.9 Å². The van der Waals surface area contributed by atoms with Gasteiger partial charge in [-0.15, -0.1) is 0 Å². The van der Waals surface area contributed by atoms with E-state index in [0.717, 1.165) is 10.9 Å². The van der Waals surface area contributed by atoms with E-state index in [9.17, 15) is 29.6 Å². The Bertz CT molecular complexity index is 2050. The largest absolute Gasteiger partial charge is 0.387 e. The highest BCUT2D eigenvalue weighted by Gasteiger charge is 2.52. The highest BCUT2D eigenvalue weighted by Crippen LogP contribution is 2.53. The second-order valence-electron chi connectivity index (χ2n) is 10.4. The summed E-state index contributed by atoms with van der Waals surface area (Å²) >= 11 is 10.4. The van der Waals surface area contributed by atoms with Crippen molar-refractivity contribution in [3.05, 3.63) is 51.7 Å². The van der Waals surface area contributed by atoms with E-state index in [1.807, 2.05) is 0 Å². The van der Waals surface area contributed by atoms with E-state index < -0.39 is 86.8 Å². The fraction of sp³-hybridized carbons (Fsp3) is 0.455. The Morgan fingerprint density at radius 1 is 0.891 bits per heavy atom. The Labute approximate surface area is 266 Å². The van der Waals surface area contributed by atoms with Crippen LogP contribution in [0.15, 0.2) is 40.6 Å². The van der Waals surface area contributed by atoms with Crippen molar-refractivity contribution >= 4 is 65.2 Å². The van der Waals surface area contributed by atoms with E-state index in [2.05, 4.69) is 24.9 Å². The summed E-state index contributed by atoms with van der Waals surface area (Å²) in [4.78, 5) is 66.3. The van der Waals surface area contributed by atoms with E-state index in [1.165, 1.54) is 17.1 Å². The van der Waals surface area contributed by atoms with Crippen LogP contribution in [0.4, 0.5) is 5.95 Å². The van der Waals surface area contributed by atoms with Crippen LogP contribution in [-0.2, 0) is 51.2 Å². The van der Waals surface area contributed by atoms with Gasteiger partial charge < -0.3 is 44.3 Å². The molecule has 246 valence electrons. The SMILES string of the molecule is Nc1nc2c(ncn2[C@@H]2O[C@@H]3COP(O)(=S)O[C@H]4[C@@H](O)[C@H](n5cnc6cccnc6c5=O)O[C@@H]4COP(O)(=S)O[C@@H]2[C@@H]3O)c(=O)[nH]1. The van der Waals surface area contributed by atoms with Gasteiger partial charge in [0.2, 0.25) is 5.95 Å². The number of nitrogen functional groups attached to an aromatic ring is 1. The number of aromatic amines is 1. The number of nitrogens with zero attached hydrogens (tertiary/aromatic N) is 6. The summed E-state index contributed by atoms with van der Waals surface area (Å²) in [6, 6.07) is 3.18. The standard InChI is InChI=1S/C22H24N8O12P2S2/c23-22-27-17-12(18(33)28-22)26-7-29(17)21-16-13(31)9(39-21)4-37-43(35,45)41-15-10(5-38-44(36,46)42-16)40-20(14(15)32)30-6-25-8-2-1-3-24-11(8)19(30)34/h1-3,6-7,9-10,13-16,20-21,31-32H,4-5H2,(H,35,45)(H,36,46)(H3,23,27,28,33)/t9-,10-,13-,14-,15-,16-,20-,21-,43?,44?/m1/s1. The molecule has 46 heavy (non-hydrogen) atoms. The number of nitrogens with one attached hydrogen (secondary N) is 1. The Balaban J connectivity index is 1.21. The molecular formula is C22H24N8O12P2S2. The number of aliphatic hydroxyl groups excluding tert-OH is 2. The molecule has 0 saturated carbocycles. The molecule has 3 aliphatic rings. The number of nitrogens with two attached hydrogens (primary N) is 1. The van der Waals surface area contributed by atoms with Gasteiger partial charge in [-0.05, 0) is 35.7 Å². The van der Waals surface area contributed by atoms with Gasteiger partial charge in [-0.1, -0.05) is 0 Å². The van der Waals surface area contributed by atoms with Gasteiger partial charge in [-0.3, -0.25) is 32.8 Å². The normalized spacial score (nSPS) is 37.0. The first-order chi connectivity index (χ1) is 21.8. The highest BCUT2D eigenvalue weighted by atomic mass is 32.5. The van der Waals surface area contributed by atoms with Gasteiger partial charge in [0, 0.05) is 6.20 Å². The lowest BCUT2D eigenvalue weighted by Gasteiger charge is -2.28. The monoisotopic (exact) mass is 718 g/mol. The number of hydrogen-bond donors (Lipinski definition) is 6. The summed E-state index contributed by atoms with van der Waals surface area (Å²) in [5.74, 6) is -0.226. The number of anilines is 1. The van der Waals surface area contributed by atoms with Crippen molar-refractivity contribution in [2.45, 2.75) is 49.1 Å². The first-order valence-electron chi connectivity index (χ1n) is 13.3. The maximum absolute atomic E-state index is 13.2. The van der Waals surface area contributed by atoms with Crippen molar-refractivity contribution in [2.75, 3.05) is 18.9 Å². The molecule has 7 N–H and O–H groups in total. The molecule has 7 heterocycles. The third-order valence-corrected chi connectivity index (χ3v) is 10.6. The van der Waals surface area contributed by atoms with Gasteiger partial charge in [-0.2, -0.15) is 4.98 Å². The molecule has 3 saturated heterocycles. The number of aromatic nitrogens is 7. The molecule has 10 atom stereocenters. The number of aliphatic hydroxyl groups is 2. The minimum absolute atomic E-state index is 0.00623. The molecule has 0 aromatic carbocycles. The maximum atomic E-state index is 13.2. The molecule has 4 aromatic heterocycles. The van der Waals surface area contributed by atoms with Gasteiger partial charge in [0.1, 0.15) is 43.0 Å². The number of pyridine rings is 1. The Morgan fingerprint density at radius 2 is 1.57 bits per heavy atom. The van der Waals surface area contributed by atoms with Crippen molar-refractivity contribution in [3.8, 4) is 0 Å². The van der Waals surface area contributed by atoms with Gasteiger partial charge in [0.15, 0.2) is 29.1 Å². The number of imidazole rings is 1. The number of rotatable bonds is 2. The van der Waals surface area contributed by atoms with Crippen LogP contribution in [0.25, 0.3) is 22.2 Å². The highest BCUT2D eigenvalue weighted by molar-refractivity contribution is 8.07. The van der Waals surface area contributed by atoms with Gasteiger partial charge in [-0.25, -0.2) is 15.0 Å². The fourth-order valence-corrected chi connectivity index (χ4v) is 8.24. The number of hydrogen-bond acceptors (Lipinski definition) is 17. The van der Waals surface area contributed by atoms with E-state index in [-0.39, 0.29) is 22.6 Å². The number of H-pyrrole nitrogens is 1. The summed E-state index contributed by atoms with van der Waals surface area (Å²) in [5, 5.41) is 22.4. The molecule has 7 rings (SSSR count). The van der Waals surface area contributed by atoms with Crippen molar-refractivity contribution in [3.63, 3.8) is 0 Å². The van der Waals surface area contributed by atoms with E-state index >= 15 is 0 Å². The predicted octanol–water partition coefficient (Wildman–Crippen LogP) is -1.73. The Hall–Kier alpha value is -2.66. The minimum Gasteiger partial charge on any atom is -0.387 e. The molecule has 0 spiro atoms. The lowest BCUT2D eigenvalue weighted by molar-refractivity contribution is -0.0620. The van der Waals surface area contributed by atoms with Crippen LogP contribution in [0.3, 0.4) is 0 Å². The predicted molar refractivity (Wildman–Crippen MR) is 161 cm³/mol. The van der Waals surface area contributed by atoms with Crippen LogP contribution in [0.2, 0.25) is 0 Å². The van der Waals surface area contributed by atoms with Crippen molar-refractivity contribution in [2.24, 2.45) is 0 Å². The van der Waals surface area contributed by atoms with Crippen LogP contribution in [0.5, 0.6) is 0 Å². The van der Waals surface area contributed by atoms with Crippen molar-refractivity contribution in [1.82, 2.24) is 34.1 Å². The molecule has 20 nitrogen and oxygen atoms in total. The lowest BCUT2D eigenvalue weighted by Crippen LogP contribution is -2.37. The molecular weight excluding hydrogens is 694 g/mol. The smallest absolute Gasteiger partial charge is 0.325 e. The molecule has 2 bridgehead atoms. The first-order valence-corrected chi connectivity index (χ1v) is 18.5. The Morgan fingerprint density at radius 3 is 2.33 bits per heavy atom. The molecule has 3 aliphatic heterocycles. The van der Waals surface area contributed by atoms with Crippen LogP contribution in [0, 0.1) is 0 Å². The molecule has 0 amide bonds. The van der Waals surface area contributed by atoms with Crippen molar-refractivity contribution < 1.29 is 47.6 Å². The van der Waals surface area contributed by atoms with Gasteiger partial charge >= 0.3 is 13.4 Å². The zero-order valence-electron chi connectivity index (χ0n) is 22.9. The van der Waals surface area contributed by atoms with Gasteiger partial charge in [0.25, 0.3) is 11.1 Å². The van der Waals surface area contributed by atoms with E-state index in [0.29, 0.717) is 5.52 Å². The topological polar surface area (TPSA) is 274 Å². The summed E-state index contributed by atoms with van der Waals surface area (Å²) < 4.78 is 36.5. The molecule has 4 aromatic rings. The second-order valence-corrected chi connectivity index (χ2v) is 16.0. The summed E-state index contributed by atoms with van der Waals surface area (Å²) in [6.07, 6.45) is -7.71. The van der Waals surface area contributed by atoms with Gasteiger partial charge in [0.05, 0.1) is 25.1 Å². The summed E-state index contributed by atoms with van der Waals surface area (Å²) in [7, 11) is 0. The lowest BCUT2D eigenvalue weighted by atomic mass is 10.1. The minimum atomic E-state index is -4.27. The molecule has 3 fully saturated rings. The van der Waals surface area contributed by atoms with Crippen LogP contribution >= 0.6 is 13.4 Å². The van der Waals surface area contributed by atoms with Crippen molar-refractivity contribution in [1.29, 1.82) is 0 Å². The number of fused-ring (bicyclic) bond motifs is 5. The van der Waals surface area contributed by atoms with Crippen LogP contribution in [0.1, 0.15) is 12.5 Å². The fourth-order valence-electron chi connectivity index (χ4n) is 5.39. The molecule has 0 aliphatic carbocycles. The average Bonchev–Trinajstić information content (AvgIpc) is 3.65. The second kappa shape index (κ2) is 11.8. The zero-order valence-corrected chi connectivity index (χ0v) is 26.4. The van der Waals surface area contributed by atoms with E-state index in [4.69, 9.17) is 56.9 Å². The maximum Gasteiger partial charge on any atom is 0.325 e. The number of ether oxygens (including phenoxy) is 2. The average molecular weight is 719 g/mol. The molecule has 0 radical (unpaired) electrons. The first kappa shape index (κ1) is 31.9. The molecule has 2 unspecified atom stereocenters. The zero-order chi connectivity index (χ0) is 32.5. The summed E-state index contributed by atoms with van der Waals surface area (Å²) in [5.41, 5.74) is 4.60. The van der Waals surface area contributed by atoms with Crippen LogP contribution in [-0.4, -0.2) is 104 Å². The third kappa shape index (κ3) is 5.73. The molecule has 24 heteroatoms. The van der Waals surface area contributed by atoms with E-state index in [1.54, 1.807) is 12.1 Å². The summed E-state index contributed by atoms with van der Waals surface area (Å²) in [6.45, 7) is -9.68. The third-order valence-electron chi connectivity index (χ3n) is 7.48. The quantitative estimate of drug-likeness (QED) is 0.126.